The van der Waals surface area contributed by atoms with E-state index in [1.807, 2.05) is 30.3 Å². The number of allylic oxidation sites excluding steroid dienone is 2. The molecule has 106 valence electrons. The largest absolute Gasteiger partial charge is 0.272 e. The number of hydrogen-bond donors (Lipinski definition) is 0. The molecule has 0 radical (unpaired) electrons. The van der Waals surface area contributed by atoms with Crippen LogP contribution in [0.1, 0.15) is 5.56 Å². The van der Waals surface area contributed by atoms with Crippen LogP contribution in [0, 0.1) is 0 Å². The van der Waals surface area contributed by atoms with Gasteiger partial charge in [-0.1, -0.05) is 12.6 Å². The van der Waals surface area contributed by atoms with Gasteiger partial charge in [0.15, 0.2) is 0 Å². The predicted molar refractivity (Wildman–Crippen MR) is 90.5 cm³/mol. The molecule has 1 aromatic carbocycles. The van der Waals surface area contributed by atoms with Gasteiger partial charge in [0.25, 0.3) is 0 Å². The molecule has 0 bridgehead atoms. The average molecular weight is 286 g/mol. The Bertz CT molecular complexity index is 867. The van der Waals surface area contributed by atoms with Crippen LogP contribution < -0.4 is 0 Å². The van der Waals surface area contributed by atoms with E-state index in [-0.39, 0.29) is 0 Å². The fourth-order valence-corrected chi connectivity index (χ4v) is 2.30. The summed E-state index contributed by atoms with van der Waals surface area (Å²) in [7, 11) is 0. The first-order chi connectivity index (χ1) is 10.8. The molecule has 0 fully saturated rings. The number of aromatic nitrogens is 3. The Balaban J connectivity index is 2.16. The van der Waals surface area contributed by atoms with Crippen molar-refractivity contribution >= 4 is 23.2 Å². The lowest BCUT2D eigenvalue weighted by molar-refractivity contribution is 1.03. The zero-order valence-electron chi connectivity index (χ0n) is 12.0. The number of hydrogen-bond acceptors (Lipinski definition) is 4. The molecule has 22 heavy (non-hydrogen) atoms. The smallest absolute Gasteiger partial charge is 0.0708 e. The second-order valence-electron chi connectivity index (χ2n) is 4.75. The normalized spacial score (nSPS) is 10.9. The lowest BCUT2D eigenvalue weighted by atomic mass is 9.99. The van der Waals surface area contributed by atoms with Crippen molar-refractivity contribution < 1.29 is 0 Å². The van der Waals surface area contributed by atoms with E-state index in [1.54, 1.807) is 24.8 Å². The van der Waals surface area contributed by atoms with Crippen LogP contribution in [-0.4, -0.2) is 21.9 Å². The number of fused-ring (bicyclic) bond motifs is 1. The number of nitrogens with zero attached hydrogens (tertiary/aromatic N) is 4. The molecule has 4 heteroatoms. The Morgan fingerprint density at radius 2 is 1.95 bits per heavy atom. The first-order valence-corrected chi connectivity index (χ1v) is 6.77. The molecule has 0 amide bonds. The van der Waals surface area contributed by atoms with Gasteiger partial charge < -0.3 is 0 Å². The van der Waals surface area contributed by atoms with Crippen LogP contribution in [0.5, 0.6) is 0 Å². The molecule has 4 nitrogen and oxygen atoms in total. The molecule has 3 rings (SSSR count). The van der Waals surface area contributed by atoms with Gasteiger partial charge in [0.05, 0.1) is 17.9 Å². The highest BCUT2D eigenvalue weighted by molar-refractivity contribution is 5.95. The highest BCUT2D eigenvalue weighted by Gasteiger charge is 2.06. The van der Waals surface area contributed by atoms with Gasteiger partial charge in [0.1, 0.15) is 0 Å². The van der Waals surface area contributed by atoms with Gasteiger partial charge in [-0.25, -0.2) is 0 Å². The van der Waals surface area contributed by atoms with Crippen LogP contribution in [0.4, 0.5) is 0 Å². The molecule has 0 aliphatic carbocycles. The zero-order valence-corrected chi connectivity index (χ0v) is 12.0. The summed E-state index contributed by atoms with van der Waals surface area (Å²) in [6, 6.07) is 10.00. The summed E-state index contributed by atoms with van der Waals surface area (Å²) in [5.41, 5.74) is 4.89. The Labute approximate surface area is 128 Å². The van der Waals surface area contributed by atoms with Gasteiger partial charge >= 0.3 is 0 Å². The maximum Gasteiger partial charge on any atom is 0.0708 e. The first kappa shape index (κ1) is 13.8. The maximum atomic E-state index is 4.41. The van der Waals surface area contributed by atoms with Gasteiger partial charge in [-0.15, -0.1) is 0 Å². The minimum atomic E-state index is 0.866. The molecule has 0 saturated heterocycles. The SMILES string of the molecule is C=N/C=C\C(=C)c1ccnc2ccc(-c3ccnnc3)cc12. The van der Waals surface area contributed by atoms with Crippen LogP contribution in [-0.2, 0) is 0 Å². The van der Waals surface area contributed by atoms with E-state index in [9.17, 15) is 0 Å². The van der Waals surface area contributed by atoms with Crippen LogP contribution >= 0.6 is 0 Å². The van der Waals surface area contributed by atoms with Gasteiger partial charge in [0.2, 0.25) is 0 Å². The highest BCUT2D eigenvalue weighted by Crippen LogP contribution is 2.28. The van der Waals surface area contributed by atoms with Crippen molar-refractivity contribution in [3.8, 4) is 11.1 Å². The van der Waals surface area contributed by atoms with Crippen LogP contribution in [0.25, 0.3) is 27.6 Å². The summed E-state index contributed by atoms with van der Waals surface area (Å²) in [6.07, 6.45) is 8.67. The molecule has 0 aliphatic rings. The van der Waals surface area contributed by atoms with E-state index < -0.39 is 0 Å². The molecule has 0 aliphatic heterocycles. The summed E-state index contributed by atoms with van der Waals surface area (Å²) >= 11 is 0. The van der Waals surface area contributed by atoms with Crippen molar-refractivity contribution in [3.63, 3.8) is 0 Å². The van der Waals surface area contributed by atoms with Crippen molar-refractivity contribution in [2.45, 2.75) is 0 Å². The van der Waals surface area contributed by atoms with Crippen LogP contribution in [0.2, 0.25) is 0 Å². The molecule has 0 saturated carbocycles. The van der Waals surface area contributed by atoms with Gasteiger partial charge in [-0.2, -0.15) is 10.2 Å². The topological polar surface area (TPSA) is 51.0 Å². The Morgan fingerprint density at radius 3 is 2.73 bits per heavy atom. The molecule has 0 unspecified atom stereocenters. The number of aliphatic imine (C=N–C) groups is 1. The third-order valence-electron chi connectivity index (χ3n) is 3.39. The molecule has 2 heterocycles. The monoisotopic (exact) mass is 286 g/mol. The maximum absolute atomic E-state index is 4.41. The van der Waals surface area contributed by atoms with Crippen LogP contribution in [0.15, 0.2) is 72.8 Å². The lowest BCUT2D eigenvalue weighted by Gasteiger charge is -2.08. The average Bonchev–Trinajstić information content (AvgIpc) is 2.59. The van der Waals surface area contributed by atoms with Crippen molar-refractivity contribution in [2.75, 3.05) is 0 Å². The minimum Gasteiger partial charge on any atom is -0.272 e. The minimum absolute atomic E-state index is 0.866. The fourth-order valence-electron chi connectivity index (χ4n) is 2.30. The van der Waals surface area contributed by atoms with Gasteiger partial charge in [-0.3, -0.25) is 9.98 Å². The number of rotatable bonds is 4. The summed E-state index contributed by atoms with van der Waals surface area (Å²) in [5, 5.41) is 8.77. The Kier molecular flexibility index (Phi) is 3.83. The summed E-state index contributed by atoms with van der Waals surface area (Å²) in [5.74, 6) is 0. The molecule has 3 aromatic rings. The van der Waals surface area contributed by atoms with Crippen LogP contribution in [0.3, 0.4) is 0 Å². The van der Waals surface area contributed by atoms with Crippen molar-refractivity contribution in [1.29, 1.82) is 0 Å². The number of pyridine rings is 1. The third-order valence-corrected chi connectivity index (χ3v) is 3.39. The predicted octanol–water partition coefficient (Wildman–Crippen LogP) is 3.92. The standard InChI is InChI=1S/C18H14N4/c1-13(5-8-19-2)16-7-9-20-18-4-3-14(11-17(16)18)15-6-10-21-22-12-15/h3-12H,1-2H2/b8-5-. The molecule has 0 N–H and O–H groups in total. The van der Waals surface area contributed by atoms with E-state index in [1.165, 1.54) is 0 Å². The van der Waals surface area contributed by atoms with E-state index in [0.29, 0.717) is 0 Å². The highest BCUT2D eigenvalue weighted by atomic mass is 15.1. The zero-order chi connectivity index (χ0) is 15.4. The summed E-state index contributed by atoms with van der Waals surface area (Å²) < 4.78 is 0. The quantitative estimate of drug-likeness (QED) is 0.539. The van der Waals surface area contributed by atoms with Crippen molar-refractivity contribution in [3.05, 3.63) is 73.3 Å². The third kappa shape index (κ3) is 2.67. The molecule has 0 spiro atoms. The molecule has 0 atom stereocenters. The van der Waals surface area contributed by atoms with Gasteiger partial charge in [0, 0.05) is 23.3 Å². The number of benzene rings is 1. The lowest BCUT2D eigenvalue weighted by Crippen LogP contribution is -1.88. The molecular formula is C18H14N4. The Hall–Kier alpha value is -3.14. The van der Waals surface area contributed by atoms with E-state index in [2.05, 4.69) is 39.5 Å². The van der Waals surface area contributed by atoms with E-state index in [4.69, 9.17) is 0 Å². The van der Waals surface area contributed by atoms with Crippen molar-refractivity contribution in [1.82, 2.24) is 15.2 Å². The Morgan fingerprint density at radius 1 is 1.05 bits per heavy atom. The van der Waals surface area contributed by atoms with E-state index in [0.717, 1.165) is 33.2 Å². The summed E-state index contributed by atoms with van der Waals surface area (Å²) in [4.78, 5) is 8.13. The van der Waals surface area contributed by atoms with E-state index >= 15 is 0 Å². The fraction of sp³-hybridized carbons (Fsp3) is 0. The second-order valence-corrected chi connectivity index (χ2v) is 4.75. The first-order valence-electron chi connectivity index (χ1n) is 6.77. The van der Waals surface area contributed by atoms with Gasteiger partial charge in [-0.05, 0) is 53.8 Å². The molecule has 2 aromatic heterocycles. The molecular weight excluding hydrogens is 272 g/mol. The van der Waals surface area contributed by atoms with Crippen molar-refractivity contribution in [2.24, 2.45) is 4.99 Å². The second kappa shape index (κ2) is 6.10. The summed E-state index contributed by atoms with van der Waals surface area (Å²) in [6.45, 7) is 7.53.